The third-order valence-corrected chi connectivity index (χ3v) is 3.55. The van der Waals surface area contributed by atoms with Crippen LogP contribution in [0.5, 0.6) is 0 Å². The topological polar surface area (TPSA) is 118 Å². The van der Waals surface area contributed by atoms with Crippen LogP contribution in [0.25, 0.3) is 0 Å². The summed E-state index contributed by atoms with van der Waals surface area (Å²) in [6.07, 6.45) is 2.63. The molecule has 0 atom stereocenters. The zero-order valence-electron chi connectivity index (χ0n) is 11.8. The lowest BCUT2D eigenvalue weighted by molar-refractivity contribution is -0.148. The molecular weight excluding hydrogens is 278 g/mol. The molecule has 0 saturated carbocycles. The minimum Gasteiger partial charge on any atom is -0.480 e. The second-order valence-electron chi connectivity index (χ2n) is 4.99. The summed E-state index contributed by atoms with van der Waals surface area (Å²) in [6, 6.07) is -0.499. The predicted octanol–water partition coefficient (Wildman–Crippen LogP) is -0.709. The van der Waals surface area contributed by atoms with Crippen LogP contribution in [0.1, 0.15) is 18.7 Å². The van der Waals surface area contributed by atoms with E-state index >= 15 is 0 Å². The number of carboxylic acid groups (broad SMARTS) is 1. The lowest BCUT2D eigenvalue weighted by atomic mass is 9.90. The summed E-state index contributed by atoms with van der Waals surface area (Å²) in [5.74, 6) is -0.288. The van der Waals surface area contributed by atoms with Crippen molar-refractivity contribution in [1.82, 2.24) is 25.4 Å². The average molecular weight is 297 g/mol. The van der Waals surface area contributed by atoms with E-state index in [1.54, 1.807) is 10.9 Å². The van der Waals surface area contributed by atoms with Crippen molar-refractivity contribution in [3.8, 4) is 0 Å². The predicted molar refractivity (Wildman–Crippen MR) is 71.7 cm³/mol. The van der Waals surface area contributed by atoms with Gasteiger partial charge in [-0.15, -0.1) is 10.2 Å². The van der Waals surface area contributed by atoms with Crippen molar-refractivity contribution in [2.24, 2.45) is 7.05 Å². The maximum atomic E-state index is 11.9. The first-order valence-corrected chi connectivity index (χ1v) is 6.73. The molecule has 0 radical (unpaired) electrons. The second kappa shape index (κ2) is 6.53. The lowest BCUT2D eigenvalue weighted by Crippen LogP contribution is -2.59. The van der Waals surface area contributed by atoms with Gasteiger partial charge in [-0.2, -0.15) is 0 Å². The molecule has 1 aromatic rings. The van der Waals surface area contributed by atoms with Gasteiger partial charge >= 0.3 is 12.0 Å². The molecule has 2 heterocycles. The molecule has 0 aromatic carbocycles. The van der Waals surface area contributed by atoms with E-state index in [4.69, 9.17) is 4.74 Å². The Morgan fingerprint density at radius 1 is 1.48 bits per heavy atom. The number of nitrogens with one attached hydrogen (secondary N) is 2. The van der Waals surface area contributed by atoms with E-state index in [-0.39, 0.29) is 12.8 Å². The number of aliphatic carboxylic acids is 1. The van der Waals surface area contributed by atoms with Crippen molar-refractivity contribution < 1.29 is 19.4 Å². The number of hydrogen-bond donors (Lipinski definition) is 3. The number of amides is 2. The Kier molecular flexibility index (Phi) is 4.73. The third kappa shape index (κ3) is 3.69. The Balaban J connectivity index is 1.82. The molecule has 0 spiro atoms. The van der Waals surface area contributed by atoms with Crippen LogP contribution in [0.2, 0.25) is 0 Å². The molecule has 21 heavy (non-hydrogen) atoms. The summed E-state index contributed by atoms with van der Waals surface area (Å²) in [7, 11) is 1.82. The first-order chi connectivity index (χ1) is 10.0. The number of ether oxygens (including phenoxy) is 1. The molecule has 3 N–H and O–H groups in total. The highest BCUT2D eigenvalue weighted by Gasteiger charge is 2.41. The van der Waals surface area contributed by atoms with E-state index in [2.05, 4.69) is 20.8 Å². The van der Waals surface area contributed by atoms with E-state index in [9.17, 15) is 14.7 Å². The van der Waals surface area contributed by atoms with E-state index in [1.807, 2.05) is 7.05 Å². The molecule has 9 heteroatoms. The minimum atomic E-state index is -1.24. The number of carbonyl (C=O) groups excluding carboxylic acids is 1. The van der Waals surface area contributed by atoms with Gasteiger partial charge in [-0.1, -0.05) is 0 Å². The summed E-state index contributed by atoms with van der Waals surface area (Å²) in [5.41, 5.74) is -1.24. The van der Waals surface area contributed by atoms with Gasteiger partial charge < -0.3 is 25.0 Å². The number of rotatable bonds is 5. The molecule has 116 valence electrons. The molecular formula is C12H19N5O4. The monoisotopic (exact) mass is 297 g/mol. The van der Waals surface area contributed by atoms with Crippen molar-refractivity contribution >= 4 is 12.0 Å². The normalized spacial score (nSPS) is 17.2. The largest absolute Gasteiger partial charge is 0.480 e. The van der Waals surface area contributed by atoms with Gasteiger partial charge in [-0.3, -0.25) is 0 Å². The quantitative estimate of drug-likeness (QED) is 0.661. The minimum absolute atomic E-state index is 0.263. The summed E-state index contributed by atoms with van der Waals surface area (Å²) in [5, 5.41) is 22.2. The first kappa shape index (κ1) is 15.2. The molecule has 2 amide bonds. The highest BCUT2D eigenvalue weighted by Crippen LogP contribution is 2.20. The van der Waals surface area contributed by atoms with Crippen molar-refractivity contribution in [2.45, 2.75) is 24.8 Å². The Labute approximate surface area is 121 Å². The average Bonchev–Trinajstić information content (AvgIpc) is 2.85. The summed E-state index contributed by atoms with van der Waals surface area (Å²) in [6.45, 7) is 1.00. The van der Waals surface area contributed by atoms with E-state index < -0.39 is 17.5 Å². The Bertz CT molecular complexity index is 510. The zero-order chi connectivity index (χ0) is 15.3. The van der Waals surface area contributed by atoms with Crippen LogP contribution in [-0.4, -0.2) is 57.2 Å². The number of carbonyl (C=O) groups is 2. The fourth-order valence-electron chi connectivity index (χ4n) is 2.20. The summed E-state index contributed by atoms with van der Waals surface area (Å²) in [4.78, 5) is 23.3. The summed E-state index contributed by atoms with van der Waals surface area (Å²) < 4.78 is 6.91. The van der Waals surface area contributed by atoms with Crippen LogP contribution in [0, 0.1) is 0 Å². The van der Waals surface area contributed by atoms with Crippen molar-refractivity contribution in [3.63, 3.8) is 0 Å². The maximum absolute atomic E-state index is 11.9. The number of nitrogens with zero attached hydrogens (tertiary/aromatic N) is 3. The smallest absolute Gasteiger partial charge is 0.329 e. The second-order valence-corrected chi connectivity index (χ2v) is 4.99. The van der Waals surface area contributed by atoms with Crippen molar-refractivity contribution in [1.29, 1.82) is 0 Å². The molecule has 0 bridgehead atoms. The van der Waals surface area contributed by atoms with Gasteiger partial charge in [0, 0.05) is 46.1 Å². The maximum Gasteiger partial charge on any atom is 0.329 e. The van der Waals surface area contributed by atoms with Gasteiger partial charge in [-0.25, -0.2) is 9.59 Å². The molecule has 1 aliphatic rings. The molecule has 2 rings (SSSR count). The van der Waals surface area contributed by atoms with Gasteiger partial charge in [0.1, 0.15) is 17.7 Å². The molecule has 1 aromatic heterocycles. The van der Waals surface area contributed by atoms with Crippen LogP contribution in [-0.2, 0) is 23.0 Å². The van der Waals surface area contributed by atoms with Gasteiger partial charge in [0.05, 0.1) is 0 Å². The van der Waals surface area contributed by atoms with E-state index in [0.717, 1.165) is 5.82 Å². The fourth-order valence-corrected chi connectivity index (χ4v) is 2.20. The molecule has 1 fully saturated rings. The highest BCUT2D eigenvalue weighted by atomic mass is 16.5. The van der Waals surface area contributed by atoms with Crippen LogP contribution in [0.3, 0.4) is 0 Å². The van der Waals surface area contributed by atoms with Gasteiger partial charge in [-0.05, 0) is 0 Å². The van der Waals surface area contributed by atoms with E-state index in [0.29, 0.717) is 26.2 Å². The highest BCUT2D eigenvalue weighted by molar-refractivity contribution is 5.86. The number of aryl methyl sites for hydroxylation is 1. The Hall–Kier alpha value is -2.16. The summed E-state index contributed by atoms with van der Waals surface area (Å²) >= 11 is 0. The Morgan fingerprint density at radius 2 is 2.19 bits per heavy atom. The number of carboxylic acids is 1. The zero-order valence-corrected chi connectivity index (χ0v) is 11.8. The third-order valence-electron chi connectivity index (χ3n) is 3.55. The molecule has 1 saturated heterocycles. The lowest BCUT2D eigenvalue weighted by Gasteiger charge is -2.33. The fraction of sp³-hybridized carbons (Fsp3) is 0.667. The van der Waals surface area contributed by atoms with Crippen LogP contribution >= 0.6 is 0 Å². The molecule has 9 nitrogen and oxygen atoms in total. The standard InChI is InChI=1S/C12H19N5O4/c1-17-8-14-16-9(17)2-5-13-11(20)15-12(10(18)19)3-6-21-7-4-12/h8H,2-7H2,1H3,(H,18,19)(H2,13,15,20). The molecule has 1 aliphatic heterocycles. The van der Waals surface area contributed by atoms with Crippen LogP contribution in [0.4, 0.5) is 4.79 Å². The van der Waals surface area contributed by atoms with Gasteiger partial charge in [0.2, 0.25) is 0 Å². The molecule has 0 unspecified atom stereocenters. The van der Waals surface area contributed by atoms with Crippen molar-refractivity contribution in [2.75, 3.05) is 19.8 Å². The number of aromatic nitrogens is 3. The van der Waals surface area contributed by atoms with Gasteiger partial charge in [0.25, 0.3) is 0 Å². The van der Waals surface area contributed by atoms with Crippen LogP contribution < -0.4 is 10.6 Å². The molecule has 0 aliphatic carbocycles. The number of hydrogen-bond acceptors (Lipinski definition) is 5. The van der Waals surface area contributed by atoms with Crippen molar-refractivity contribution in [3.05, 3.63) is 12.2 Å². The first-order valence-electron chi connectivity index (χ1n) is 6.73. The van der Waals surface area contributed by atoms with E-state index in [1.165, 1.54) is 0 Å². The van der Waals surface area contributed by atoms with Gasteiger partial charge in [0.15, 0.2) is 0 Å². The van der Waals surface area contributed by atoms with Crippen LogP contribution in [0.15, 0.2) is 6.33 Å². The number of urea groups is 1. The Morgan fingerprint density at radius 3 is 2.76 bits per heavy atom. The SMILES string of the molecule is Cn1cnnc1CCNC(=O)NC1(C(=O)O)CCOCC1.